The summed E-state index contributed by atoms with van der Waals surface area (Å²) in [5, 5.41) is 8.77. The zero-order valence-electron chi connectivity index (χ0n) is 10.2. The molecule has 0 aliphatic carbocycles. The van der Waals surface area contributed by atoms with Crippen LogP contribution in [0.5, 0.6) is 0 Å². The van der Waals surface area contributed by atoms with Crippen molar-refractivity contribution in [2.75, 3.05) is 18.0 Å². The number of anilines is 1. The fourth-order valence-corrected chi connectivity index (χ4v) is 1.79. The highest BCUT2D eigenvalue weighted by atomic mass is 19.1. The maximum Gasteiger partial charge on any atom is 0.335 e. The van der Waals surface area contributed by atoms with Crippen molar-refractivity contribution in [3.05, 3.63) is 29.6 Å². The summed E-state index contributed by atoms with van der Waals surface area (Å²) in [4.78, 5) is 12.7. The minimum Gasteiger partial charge on any atom is -0.478 e. The molecule has 0 radical (unpaired) electrons. The van der Waals surface area contributed by atoms with Crippen molar-refractivity contribution in [3.8, 4) is 0 Å². The van der Waals surface area contributed by atoms with Gasteiger partial charge in [0.05, 0.1) is 11.3 Å². The molecule has 0 amide bonds. The largest absolute Gasteiger partial charge is 0.478 e. The Hall–Kier alpha value is -1.58. The lowest BCUT2D eigenvalue weighted by Crippen LogP contribution is -2.25. The van der Waals surface area contributed by atoms with E-state index in [-0.39, 0.29) is 5.56 Å². The van der Waals surface area contributed by atoms with E-state index in [0.29, 0.717) is 5.69 Å². The summed E-state index contributed by atoms with van der Waals surface area (Å²) < 4.78 is 13.8. The summed E-state index contributed by atoms with van der Waals surface area (Å²) in [6.07, 6.45) is 1.86. The van der Waals surface area contributed by atoms with Crippen molar-refractivity contribution < 1.29 is 14.3 Å². The Bertz CT molecular complexity index is 387. The molecule has 0 atom stereocenters. The summed E-state index contributed by atoms with van der Waals surface area (Å²) >= 11 is 0. The first-order valence-electron chi connectivity index (χ1n) is 5.88. The number of halogens is 1. The van der Waals surface area contributed by atoms with Crippen LogP contribution in [0.1, 0.15) is 37.0 Å². The molecule has 17 heavy (non-hydrogen) atoms. The Labute approximate surface area is 101 Å². The molecule has 1 aromatic rings. The van der Waals surface area contributed by atoms with E-state index in [1.807, 2.05) is 18.7 Å². The number of hydrogen-bond donors (Lipinski definition) is 1. The van der Waals surface area contributed by atoms with E-state index in [1.54, 1.807) is 6.07 Å². The Balaban J connectivity index is 2.99. The van der Waals surface area contributed by atoms with Crippen molar-refractivity contribution in [1.82, 2.24) is 0 Å². The van der Waals surface area contributed by atoms with Crippen molar-refractivity contribution in [3.63, 3.8) is 0 Å². The fourth-order valence-electron chi connectivity index (χ4n) is 1.79. The highest BCUT2D eigenvalue weighted by Crippen LogP contribution is 2.21. The van der Waals surface area contributed by atoms with Gasteiger partial charge in [0.15, 0.2) is 0 Å². The molecule has 3 nitrogen and oxygen atoms in total. The van der Waals surface area contributed by atoms with Crippen LogP contribution >= 0.6 is 0 Å². The SMILES string of the molecule is CCCN(CCC)c1ccc(C(=O)O)cc1F. The highest BCUT2D eigenvalue weighted by Gasteiger charge is 2.12. The first-order valence-corrected chi connectivity index (χ1v) is 5.88. The van der Waals surface area contributed by atoms with Gasteiger partial charge >= 0.3 is 5.97 Å². The Morgan fingerprint density at radius 1 is 1.29 bits per heavy atom. The van der Waals surface area contributed by atoms with Crippen molar-refractivity contribution in [1.29, 1.82) is 0 Å². The molecule has 0 bridgehead atoms. The third-order valence-corrected chi connectivity index (χ3v) is 2.52. The van der Waals surface area contributed by atoms with Crippen LogP contribution in [-0.2, 0) is 0 Å². The number of carboxylic acid groups (broad SMARTS) is 1. The molecule has 0 saturated heterocycles. The first kappa shape index (κ1) is 13.5. The van der Waals surface area contributed by atoms with E-state index < -0.39 is 11.8 Å². The van der Waals surface area contributed by atoms with Gasteiger partial charge in [0.2, 0.25) is 0 Å². The normalized spacial score (nSPS) is 10.3. The number of hydrogen-bond acceptors (Lipinski definition) is 2. The quantitative estimate of drug-likeness (QED) is 0.829. The molecule has 0 spiro atoms. The molecule has 0 heterocycles. The Kier molecular flexibility index (Phi) is 4.94. The second-order valence-electron chi connectivity index (χ2n) is 3.96. The standard InChI is InChI=1S/C13H18FNO2/c1-3-7-15(8-4-2)12-6-5-10(13(16)17)9-11(12)14/h5-6,9H,3-4,7-8H2,1-2H3,(H,16,17). The summed E-state index contributed by atoms with van der Waals surface area (Å²) in [7, 11) is 0. The average molecular weight is 239 g/mol. The van der Waals surface area contributed by atoms with Crippen LogP contribution in [0, 0.1) is 5.82 Å². The van der Waals surface area contributed by atoms with Crippen LogP contribution in [0.25, 0.3) is 0 Å². The molecule has 0 aromatic heterocycles. The molecular weight excluding hydrogens is 221 g/mol. The van der Waals surface area contributed by atoms with Gasteiger partial charge in [0.25, 0.3) is 0 Å². The fraction of sp³-hybridized carbons (Fsp3) is 0.462. The third kappa shape index (κ3) is 3.44. The number of carbonyl (C=O) groups is 1. The van der Waals surface area contributed by atoms with E-state index in [9.17, 15) is 9.18 Å². The average Bonchev–Trinajstić information content (AvgIpc) is 2.28. The van der Waals surface area contributed by atoms with E-state index in [2.05, 4.69) is 0 Å². The maximum absolute atomic E-state index is 13.8. The van der Waals surface area contributed by atoms with E-state index >= 15 is 0 Å². The van der Waals surface area contributed by atoms with Gasteiger partial charge in [-0.1, -0.05) is 13.8 Å². The maximum atomic E-state index is 13.8. The lowest BCUT2D eigenvalue weighted by atomic mass is 10.1. The molecule has 1 aromatic carbocycles. The second kappa shape index (κ2) is 6.23. The molecular formula is C13H18FNO2. The predicted molar refractivity (Wildman–Crippen MR) is 66.2 cm³/mol. The lowest BCUT2D eigenvalue weighted by Gasteiger charge is -2.24. The van der Waals surface area contributed by atoms with Crippen LogP contribution in [0.4, 0.5) is 10.1 Å². The van der Waals surface area contributed by atoms with Crippen LogP contribution in [-0.4, -0.2) is 24.2 Å². The van der Waals surface area contributed by atoms with Crippen molar-refractivity contribution in [2.45, 2.75) is 26.7 Å². The van der Waals surface area contributed by atoms with Crippen LogP contribution in [0.2, 0.25) is 0 Å². The van der Waals surface area contributed by atoms with Gasteiger partial charge in [0, 0.05) is 13.1 Å². The number of benzene rings is 1. The first-order chi connectivity index (χ1) is 8.10. The van der Waals surface area contributed by atoms with Crippen molar-refractivity contribution in [2.24, 2.45) is 0 Å². The number of rotatable bonds is 6. The predicted octanol–water partition coefficient (Wildman–Crippen LogP) is 3.15. The van der Waals surface area contributed by atoms with E-state index in [0.717, 1.165) is 32.0 Å². The monoisotopic (exact) mass is 239 g/mol. The zero-order valence-corrected chi connectivity index (χ0v) is 10.2. The molecule has 0 unspecified atom stereocenters. The summed E-state index contributed by atoms with van der Waals surface area (Å²) in [5.41, 5.74) is 0.470. The van der Waals surface area contributed by atoms with Gasteiger partial charge in [-0.25, -0.2) is 9.18 Å². The second-order valence-corrected chi connectivity index (χ2v) is 3.96. The topological polar surface area (TPSA) is 40.5 Å². The van der Waals surface area contributed by atoms with Gasteiger partial charge in [-0.05, 0) is 31.0 Å². The van der Waals surface area contributed by atoms with Crippen LogP contribution in [0.3, 0.4) is 0 Å². The van der Waals surface area contributed by atoms with Gasteiger partial charge in [-0.15, -0.1) is 0 Å². The molecule has 94 valence electrons. The molecule has 0 aliphatic rings. The smallest absolute Gasteiger partial charge is 0.335 e. The molecule has 1 N–H and O–H groups in total. The lowest BCUT2D eigenvalue weighted by molar-refractivity contribution is 0.0696. The number of carboxylic acids is 1. The molecule has 0 fully saturated rings. The minimum atomic E-state index is -1.10. The summed E-state index contributed by atoms with van der Waals surface area (Å²) in [6.45, 7) is 5.62. The molecule has 1 rings (SSSR count). The Morgan fingerprint density at radius 2 is 1.88 bits per heavy atom. The van der Waals surface area contributed by atoms with Gasteiger partial charge in [0.1, 0.15) is 5.82 Å². The summed E-state index contributed by atoms with van der Waals surface area (Å²) in [6, 6.07) is 4.07. The number of aromatic carboxylic acids is 1. The molecule has 4 heteroatoms. The van der Waals surface area contributed by atoms with E-state index in [4.69, 9.17) is 5.11 Å². The minimum absolute atomic E-state index is 0.0146. The van der Waals surface area contributed by atoms with E-state index in [1.165, 1.54) is 6.07 Å². The number of nitrogens with zero attached hydrogens (tertiary/aromatic N) is 1. The Morgan fingerprint density at radius 3 is 2.29 bits per heavy atom. The van der Waals surface area contributed by atoms with Crippen LogP contribution < -0.4 is 4.90 Å². The van der Waals surface area contributed by atoms with Crippen LogP contribution in [0.15, 0.2) is 18.2 Å². The van der Waals surface area contributed by atoms with Gasteiger partial charge in [-0.3, -0.25) is 0 Å². The molecule has 0 saturated carbocycles. The highest BCUT2D eigenvalue weighted by molar-refractivity contribution is 5.88. The summed E-state index contributed by atoms with van der Waals surface area (Å²) in [5.74, 6) is -1.57. The van der Waals surface area contributed by atoms with Gasteiger partial charge in [-0.2, -0.15) is 0 Å². The zero-order chi connectivity index (χ0) is 12.8. The third-order valence-electron chi connectivity index (χ3n) is 2.52. The molecule has 0 aliphatic heterocycles. The van der Waals surface area contributed by atoms with Crippen molar-refractivity contribution >= 4 is 11.7 Å². The van der Waals surface area contributed by atoms with Gasteiger partial charge < -0.3 is 10.0 Å².